The number of hydrogen-bond donors (Lipinski definition) is 3. The molecule has 0 radical (unpaired) electrons. The second kappa shape index (κ2) is 9.68. The molecule has 5 N–H and O–H groups in total. The Morgan fingerprint density at radius 3 is 2.49 bits per heavy atom. The van der Waals surface area contributed by atoms with Crippen LogP contribution < -0.4 is 21.5 Å². The van der Waals surface area contributed by atoms with Crippen molar-refractivity contribution < 1.29 is 27.1 Å². The number of carbonyl (C=O) groups is 1. The lowest BCUT2D eigenvalue weighted by Gasteiger charge is -2.16. The molecule has 0 aliphatic heterocycles. The average Bonchev–Trinajstić information content (AvgIpc) is 3.30. The lowest BCUT2D eigenvalue weighted by molar-refractivity contribution is -0.140. The first-order valence-electron chi connectivity index (χ1n) is 10.4. The number of alkyl halides is 3. The van der Waals surface area contributed by atoms with Crippen LogP contribution in [0.15, 0.2) is 53.2 Å². The Labute approximate surface area is 197 Å². The summed E-state index contributed by atoms with van der Waals surface area (Å²) >= 11 is 0. The van der Waals surface area contributed by atoms with Gasteiger partial charge in [-0.05, 0) is 42.0 Å². The summed E-state index contributed by atoms with van der Waals surface area (Å²) in [4.78, 5) is 25.0. The van der Waals surface area contributed by atoms with E-state index in [4.69, 9.17) is 20.6 Å². The van der Waals surface area contributed by atoms with Gasteiger partial charge in [0, 0.05) is 29.9 Å². The van der Waals surface area contributed by atoms with E-state index in [1.165, 1.54) is 19.2 Å². The quantitative estimate of drug-likeness (QED) is 0.362. The van der Waals surface area contributed by atoms with Crippen LogP contribution in [0.5, 0.6) is 5.75 Å². The third kappa shape index (κ3) is 4.79. The molecule has 12 heteroatoms. The molecular formula is C23H21F3N6O3. The average molecular weight is 486 g/mol. The minimum atomic E-state index is -4.63. The van der Waals surface area contributed by atoms with Crippen molar-refractivity contribution in [2.75, 3.05) is 13.7 Å². The van der Waals surface area contributed by atoms with Crippen LogP contribution in [0, 0.1) is 0 Å². The number of nitrogens with two attached hydrogens (primary N) is 2. The largest absolute Gasteiger partial charge is 0.494 e. The molecule has 0 saturated heterocycles. The van der Waals surface area contributed by atoms with E-state index in [0.717, 1.165) is 11.6 Å². The zero-order chi connectivity index (χ0) is 25.2. The zero-order valence-electron chi connectivity index (χ0n) is 18.5. The molecule has 0 aliphatic carbocycles. The lowest BCUT2D eigenvalue weighted by atomic mass is 10.1. The normalized spacial score (nSPS) is 12.5. The Morgan fingerprint density at radius 1 is 1.11 bits per heavy atom. The molecule has 1 aromatic carbocycles. The minimum Gasteiger partial charge on any atom is -0.494 e. The van der Waals surface area contributed by atoms with E-state index in [1.54, 1.807) is 30.6 Å². The highest BCUT2D eigenvalue weighted by atomic mass is 19.4. The number of halogens is 3. The Balaban J connectivity index is 1.75. The van der Waals surface area contributed by atoms with E-state index >= 15 is 0 Å². The number of amides is 1. The van der Waals surface area contributed by atoms with Gasteiger partial charge in [0.25, 0.3) is 5.91 Å². The summed E-state index contributed by atoms with van der Waals surface area (Å²) in [7, 11) is 1.33. The summed E-state index contributed by atoms with van der Waals surface area (Å²) in [6, 6.07) is 8.05. The second-order valence-electron chi connectivity index (χ2n) is 7.44. The summed E-state index contributed by atoms with van der Waals surface area (Å²) in [5, 5.41) is 3.09. The van der Waals surface area contributed by atoms with Crippen molar-refractivity contribution in [3.8, 4) is 17.2 Å². The predicted molar refractivity (Wildman–Crippen MR) is 120 cm³/mol. The van der Waals surface area contributed by atoms with Crippen molar-refractivity contribution >= 4 is 16.8 Å². The van der Waals surface area contributed by atoms with Crippen molar-refractivity contribution in [2.24, 2.45) is 11.5 Å². The molecule has 4 aromatic rings. The number of benzene rings is 1. The summed E-state index contributed by atoms with van der Waals surface area (Å²) in [6.07, 6.45) is -1.47. The van der Waals surface area contributed by atoms with Gasteiger partial charge in [0.2, 0.25) is 5.89 Å². The highest BCUT2D eigenvalue weighted by Gasteiger charge is 2.33. The maximum Gasteiger partial charge on any atom is 0.433 e. The number of aromatic nitrogens is 3. The molecule has 1 atom stereocenters. The Hall–Kier alpha value is -4.03. The number of hydrogen-bond acceptors (Lipinski definition) is 8. The number of nitrogens with zero attached hydrogens (tertiary/aromatic N) is 3. The van der Waals surface area contributed by atoms with Gasteiger partial charge in [-0.3, -0.25) is 9.78 Å². The number of nitrogens with one attached hydrogen (secondary N) is 1. The van der Waals surface area contributed by atoms with Gasteiger partial charge in [0.1, 0.15) is 17.0 Å². The summed E-state index contributed by atoms with van der Waals surface area (Å²) in [6.45, 7) is -0.0163. The van der Waals surface area contributed by atoms with E-state index in [0.29, 0.717) is 10.9 Å². The number of pyridine rings is 2. The standard InChI is InChI=1S/C23H21F3N6O3/c1-34-16-4-2-14(13-3-5-18(23(24,25)26)31-19(13)16)22-32-20(17(11-28)35-22)21(33)30-15(10-27)12-6-8-29-9-7-12/h2-9,15H,10-11,27-28H2,1H3,(H,30,33). The fourth-order valence-corrected chi connectivity index (χ4v) is 3.58. The molecule has 0 spiro atoms. The van der Waals surface area contributed by atoms with E-state index in [1.807, 2.05) is 0 Å². The van der Waals surface area contributed by atoms with Crippen molar-refractivity contribution in [3.05, 3.63) is 71.5 Å². The molecule has 0 bridgehead atoms. The maximum atomic E-state index is 13.2. The maximum absolute atomic E-state index is 13.2. The van der Waals surface area contributed by atoms with Crippen LogP contribution in [-0.2, 0) is 12.7 Å². The number of methoxy groups -OCH3 is 1. The molecule has 4 rings (SSSR count). The number of fused-ring (bicyclic) bond motifs is 1. The van der Waals surface area contributed by atoms with Crippen LogP contribution in [0.3, 0.4) is 0 Å². The lowest BCUT2D eigenvalue weighted by Crippen LogP contribution is -2.34. The van der Waals surface area contributed by atoms with E-state index in [2.05, 4.69) is 20.3 Å². The highest BCUT2D eigenvalue weighted by Crippen LogP contribution is 2.37. The van der Waals surface area contributed by atoms with Gasteiger partial charge >= 0.3 is 6.18 Å². The van der Waals surface area contributed by atoms with Gasteiger partial charge in [0.05, 0.1) is 19.7 Å². The molecule has 0 fully saturated rings. The molecule has 1 amide bonds. The molecule has 0 aliphatic rings. The van der Waals surface area contributed by atoms with Crippen molar-refractivity contribution in [1.82, 2.24) is 20.3 Å². The van der Waals surface area contributed by atoms with Crippen LogP contribution in [-0.4, -0.2) is 34.5 Å². The minimum absolute atomic E-state index is 0.00183. The molecule has 9 nitrogen and oxygen atoms in total. The van der Waals surface area contributed by atoms with E-state index < -0.39 is 23.8 Å². The van der Waals surface area contributed by atoms with Crippen LogP contribution in [0.4, 0.5) is 13.2 Å². The first kappa shape index (κ1) is 24.1. The zero-order valence-corrected chi connectivity index (χ0v) is 18.5. The van der Waals surface area contributed by atoms with Crippen LogP contribution in [0.25, 0.3) is 22.4 Å². The molecule has 35 heavy (non-hydrogen) atoms. The first-order chi connectivity index (χ1) is 16.8. The van der Waals surface area contributed by atoms with Gasteiger partial charge in [-0.15, -0.1) is 0 Å². The number of ether oxygens (including phenoxy) is 1. The van der Waals surface area contributed by atoms with Gasteiger partial charge < -0.3 is 25.9 Å². The van der Waals surface area contributed by atoms with Crippen LogP contribution in [0.2, 0.25) is 0 Å². The molecule has 182 valence electrons. The fourth-order valence-electron chi connectivity index (χ4n) is 3.58. The van der Waals surface area contributed by atoms with Gasteiger partial charge in [-0.1, -0.05) is 0 Å². The summed E-state index contributed by atoms with van der Waals surface area (Å²) in [5.41, 5.74) is 11.5. The van der Waals surface area contributed by atoms with Crippen molar-refractivity contribution in [2.45, 2.75) is 18.8 Å². The summed E-state index contributed by atoms with van der Waals surface area (Å²) in [5.74, 6) is -0.325. The first-order valence-corrected chi connectivity index (χ1v) is 10.4. The predicted octanol–water partition coefficient (Wildman–Crippen LogP) is 3.20. The molecule has 0 saturated carbocycles. The summed E-state index contributed by atoms with van der Waals surface area (Å²) < 4.78 is 50.6. The number of carbonyl (C=O) groups excluding carboxylic acids is 1. The third-order valence-electron chi connectivity index (χ3n) is 5.31. The second-order valence-corrected chi connectivity index (χ2v) is 7.44. The van der Waals surface area contributed by atoms with Crippen molar-refractivity contribution in [1.29, 1.82) is 0 Å². The monoisotopic (exact) mass is 486 g/mol. The Bertz CT molecular complexity index is 1360. The van der Waals surface area contributed by atoms with Crippen molar-refractivity contribution in [3.63, 3.8) is 0 Å². The number of rotatable bonds is 7. The SMILES string of the molecule is COc1ccc(-c2nc(C(=O)NC(CN)c3ccncc3)c(CN)o2)c2ccc(C(F)(F)F)nc12. The van der Waals surface area contributed by atoms with Crippen LogP contribution in [0.1, 0.15) is 33.5 Å². The molecule has 3 heterocycles. The van der Waals surface area contributed by atoms with Gasteiger partial charge in [-0.25, -0.2) is 9.97 Å². The van der Waals surface area contributed by atoms with Crippen LogP contribution >= 0.6 is 0 Å². The molecular weight excluding hydrogens is 465 g/mol. The van der Waals surface area contributed by atoms with E-state index in [-0.39, 0.29) is 41.7 Å². The fraction of sp³-hybridized carbons (Fsp3) is 0.217. The molecule has 1 unspecified atom stereocenters. The van der Waals surface area contributed by atoms with E-state index in [9.17, 15) is 18.0 Å². The van der Waals surface area contributed by atoms with Gasteiger partial charge in [0.15, 0.2) is 11.5 Å². The smallest absolute Gasteiger partial charge is 0.433 e. The topological polar surface area (TPSA) is 142 Å². The third-order valence-corrected chi connectivity index (χ3v) is 5.31. The number of oxazole rings is 1. The molecule has 3 aromatic heterocycles. The van der Waals surface area contributed by atoms with Gasteiger partial charge in [-0.2, -0.15) is 13.2 Å². The Morgan fingerprint density at radius 2 is 1.86 bits per heavy atom. The Kier molecular flexibility index (Phi) is 6.67. The highest BCUT2D eigenvalue weighted by molar-refractivity contribution is 5.98.